The third-order valence-corrected chi connectivity index (χ3v) is 7.41. The number of aryl methyl sites for hydroxylation is 2. The average Bonchev–Trinajstić information content (AvgIpc) is 3.66. The lowest BCUT2D eigenvalue weighted by molar-refractivity contribution is -0.140. The lowest BCUT2D eigenvalue weighted by atomic mass is 9.95. The fourth-order valence-electron chi connectivity index (χ4n) is 5.04. The second-order valence-electron chi connectivity index (χ2n) is 10.0. The number of carboxylic acid groups (broad SMARTS) is 1. The molecule has 7 nitrogen and oxygen atoms in total. The van der Waals surface area contributed by atoms with Crippen molar-refractivity contribution in [3.63, 3.8) is 0 Å². The maximum absolute atomic E-state index is 14.4. The molecular formula is C29H28ClFN2O5. The molecule has 9 heteroatoms. The van der Waals surface area contributed by atoms with Crippen molar-refractivity contribution in [2.24, 2.45) is 0 Å². The highest BCUT2D eigenvalue weighted by atomic mass is 35.5. The minimum absolute atomic E-state index is 0.0984. The van der Waals surface area contributed by atoms with E-state index in [1.807, 2.05) is 33.0 Å². The number of halogens is 2. The highest BCUT2D eigenvalue weighted by molar-refractivity contribution is 6.31. The van der Waals surface area contributed by atoms with Gasteiger partial charge in [0.1, 0.15) is 30.0 Å². The number of carbonyl (C=O) groups is 2. The molecule has 0 bridgehead atoms. The van der Waals surface area contributed by atoms with E-state index in [9.17, 15) is 19.1 Å². The fourth-order valence-corrected chi connectivity index (χ4v) is 5.20. The van der Waals surface area contributed by atoms with Crippen molar-refractivity contribution in [1.82, 2.24) is 0 Å². The molecule has 1 heterocycles. The molecule has 1 saturated carbocycles. The van der Waals surface area contributed by atoms with Gasteiger partial charge in [-0.1, -0.05) is 11.6 Å². The summed E-state index contributed by atoms with van der Waals surface area (Å²) < 4.78 is 26.5. The first kappa shape index (κ1) is 25.9. The van der Waals surface area contributed by atoms with Gasteiger partial charge >= 0.3 is 5.97 Å². The molecule has 2 aliphatic rings. The van der Waals surface area contributed by atoms with Crippen LogP contribution in [0.2, 0.25) is 5.02 Å². The molecule has 0 radical (unpaired) electrons. The van der Waals surface area contributed by atoms with Gasteiger partial charge in [-0.3, -0.25) is 9.59 Å². The number of nitrogens with one attached hydrogen (secondary N) is 1. The van der Waals surface area contributed by atoms with E-state index in [1.165, 1.54) is 18.2 Å². The number of carbonyl (C=O) groups excluding carboxylic acids is 1. The van der Waals surface area contributed by atoms with E-state index in [2.05, 4.69) is 10.2 Å². The van der Waals surface area contributed by atoms with Gasteiger partial charge in [0.05, 0.1) is 17.6 Å². The average molecular weight is 539 g/mol. The van der Waals surface area contributed by atoms with Gasteiger partial charge in [-0.15, -0.1) is 0 Å². The Bertz CT molecular complexity index is 1420. The Morgan fingerprint density at radius 2 is 1.87 bits per heavy atom. The zero-order valence-electron chi connectivity index (χ0n) is 21.3. The molecule has 3 aromatic carbocycles. The Labute approximate surface area is 225 Å². The number of rotatable bonds is 7. The zero-order chi connectivity index (χ0) is 27.2. The van der Waals surface area contributed by atoms with Crippen LogP contribution in [-0.4, -0.2) is 43.3 Å². The van der Waals surface area contributed by atoms with E-state index in [0.29, 0.717) is 59.1 Å². The molecule has 198 valence electrons. The van der Waals surface area contributed by atoms with Crippen LogP contribution in [0.4, 0.5) is 15.8 Å². The predicted molar refractivity (Wildman–Crippen MR) is 143 cm³/mol. The van der Waals surface area contributed by atoms with Gasteiger partial charge in [-0.2, -0.15) is 0 Å². The van der Waals surface area contributed by atoms with Crippen LogP contribution in [0.3, 0.4) is 0 Å². The summed E-state index contributed by atoms with van der Waals surface area (Å²) in [5.74, 6) is -0.642. The number of hydrogen-bond acceptors (Lipinski definition) is 5. The summed E-state index contributed by atoms with van der Waals surface area (Å²) in [6.07, 6.45) is 0.559. The van der Waals surface area contributed by atoms with Crippen LogP contribution in [-0.2, 0) is 10.2 Å². The number of amides is 1. The normalized spacial score (nSPS) is 17.3. The van der Waals surface area contributed by atoms with Gasteiger partial charge in [0.15, 0.2) is 0 Å². The van der Waals surface area contributed by atoms with Crippen LogP contribution < -0.4 is 19.7 Å². The van der Waals surface area contributed by atoms with Crippen molar-refractivity contribution in [2.45, 2.75) is 38.2 Å². The van der Waals surface area contributed by atoms with Crippen molar-refractivity contribution >= 4 is 34.9 Å². The van der Waals surface area contributed by atoms with Crippen LogP contribution in [0.1, 0.15) is 39.9 Å². The first-order valence-electron chi connectivity index (χ1n) is 12.3. The second kappa shape index (κ2) is 9.83. The first-order valence-corrected chi connectivity index (χ1v) is 12.7. The molecule has 3 aromatic rings. The molecule has 0 aromatic heterocycles. The molecule has 1 fully saturated rings. The lowest BCUT2D eigenvalue weighted by Crippen LogP contribution is -2.41. The number of aliphatic carboxylic acids is 1. The summed E-state index contributed by atoms with van der Waals surface area (Å²) in [7, 11) is 1.97. The predicted octanol–water partition coefficient (Wildman–Crippen LogP) is 5.74. The molecule has 1 aliphatic heterocycles. The number of hydrogen-bond donors (Lipinski definition) is 2. The number of likely N-dealkylation sites (N-methyl/N-ethyl adjacent to an activating group) is 1. The van der Waals surface area contributed by atoms with Crippen LogP contribution in [0.25, 0.3) is 0 Å². The Morgan fingerprint density at radius 1 is 1.16 bits per heavy atom. The minimum Gasteiger partial charge on any atom is -0.490 e. The largest absolute Gasteiger partial charge is 0.490 e. The summed E-state index contributed by atoms with van der Waals surface area (Å²) in [6.45, 7) is 4.59. The quantitative estimate of drug-likeness (QED) is 0.399. The molecular weight excluding hydrogens is 511 g/mol. The van der Waals surface area contributed by atoms with Crippen LogP contribution >= 0.6 is 11.6 Å². The van der Waals surface area contributed by atoms with Crippen LogP contribution in [0.5, 0.6) is 11.5 Å². The standard InChI is InChI=1S/C29H28ClFN2O5/c1-16-10-20(37-15-21-14-33(3)24-12-18(30)4-7-25(24)38-21)11-17(2)26(16)27(34)32-19-5-6-23(31)22(13-19)29(8-9-29)28(35)36/h4-7,10-13,21H,8-9,14-15H2,1-3H3,(H,32,34)(H,35,36)/t21-/m0/s1. The van der Waals surface area contributed by atoms with E-state index in [1.54, 1.807) is 18.2 Å². The number of fused-ring (bicyclic) bond motifs is 1. The van der Waals surface area contributed by atoms with Crippen molar-refractivity contribution in [2.75, 3.05) is 30.4 Å². The zero-order valence-corrected chi connectivity index (χ0v) is 22.1. The Morgan fingerprint density at radius 3 is 2.53 bits per heavy atom. The number of nitrogens with zero attached hydrogens (tertiary/aromatic N) is 1. The minimum atomic E-state index is -1.21. The van der Waals surface area contributed by atoms with Gasteiger partial charge in [0, 0.05) is 28.9 Å². The third kappa shape index (κ3) is 4.88. The topological polar surface area (TPSA) is 88.1 Å². The Hall–Kier alpha value is -3.78. The van der Waals surface area contributed by atoms with Crippen LogP contribution in [0.15, 0.2) is 48.5 Å². The maximum atomic E-state index is 14.4. The second-order valence-corrected chi connectivity index (χ2v) is 10.4. The molecule has 2 N–H and O–H groups in total. The van der Waals surface area contributed by atoms with Crippen LogP contribution in [0, 0.1) is 19.7 Å². The van der Waals surface area contributed by atoms with Crippen molar-refractivity contribution in [3.8, 4) is 11.5 Å². The van der Waals surface area contributed by atoms with Crippen molar-refractivity contribution in [3.05, 3.63) is 81.6 Å². The van der Waals surface area contributed by atoms with Gasteiger partial charge in [0.25, 0.3) is 5.91 Å². The van der Waals surface area contributed by atoms with Crippen molar-refractivity contribution < 1.29 is 28.6 Å². The van der Waals surface area contributed by atoms with Gasteiger partial charge in [0.2, 0.25) is 0 Å². The van der Waals surface area contributed by atoms with E-state index >= 15 is 0 Å². The Kier molecular flexibility index (Phi) is 6.69. The smallest absolute Gasteiger partial charge is 0.314 e. The Balaban J connectivity index is 1.27. The fraction of sp³-hybridized carbons (Fsp3) is 0.310. The molecule has 5 rings (SSSR count). The van der Waals surface area contributed by atoms with E-state index in [4.69, 9.17) is 21.1 Å². The van der Waals surface area contributed by atoms with Gasteiger partial charge in [-0.25, -0.2) is 4.39 Å². The van der Waals surface area contributed by atoms with Crippen molar-refractivity contribution in [1.29, 1.82) is 0 Å². The molecule has 0 unspecified atom stereocenters. The van der Waals surface area contributed by atoms with E-state index in [0.717, 1.165) is 11.4 Å². The number of carboxylic acids is 1. The third-order valence-electron chi connectivity index (χ3n) is 7.17. The summed E-state index contributed by atoms with van der Waals surface area (Å²) in [5, 5.41) is 13.0. The highest BCUT2D eigenvalue weighted by Crippen LogP contribution is 2.50. The first-order chi connectivity index (χ1) is 18.1. The van der Waals surface area contributed by atoms with Gasteiger partial charge in [-0.05, 0) is 86.3 Å². The number of ether oxygens (including phenoxy) is 2. The summed E-state index contributed by atoms with van der Waals surface area (Å²) in [6, 6.07) is 13.1. The summed E-state index contributed by atoms with van der Waals surface area (Å²) in [4.78, 5) is 26.9. The molecule has 0 spiro atoms. The number of benzene rings is 3. The summed E-state index contributed by atoms with van der Waals surface area (Å²) in [5.41, 5.74) is 2.07. The molecule has 0 saturated heterocycles. The summed E-state index contributed by atoms with van der Waals surface area (Å²) >= 11 is 6.10. The molecule has 1 amide bonds. The monoisotopic (exact) mass is 538 g/mol. The SMILES string of the molecule is Cc1cc(OC[C@@H]2CN(C)c3cc(Cl)ccc3O2)cc(C)c1C(=O)Nc1ccc(F)c(C2(C(=O)O)CC2)c1. The number of anilines is 2. The maximum Gasteiger partial charge on any atom is 0.314 e. The lowest BCUT2D eigenvalue weighted by Gasteiger charge is -2.33. The van der Waals surface area contributed by atoms with Gasteiger partial charge < -0.3 is 24.8 Å². The molecule has 38 heavy (non-hydrogen) atoms. The molecule has 1 aliphatic carbocycles. The molecule has 1 atom stereocenters. The van der Waals surface area contributed by atoms with E-state index in [-0.39, 0.29) is 17.6 Å². The van der Waals surface area contributed by atoms with E-state index < -0.39 is 17.2 Å². The highest BCUT2D eigenvalue weighted by Gasteiger charge is 2.53.